The summed E-state index contributed by atoms with van der Waals surface area (Å²) in [5, 5.41) is 0. The molecule has 1 fully saturated rings. The van der Waals surface area contributed by atoms with Gasteiger partial charge in [-0.3, -0.25) is 0 Å². The summed E-state index contributed by atoms with van der Waals surface area (Å²) in [5.41, 5.74) is 6.28. The minimum atomic E-state index is -0.805. The molecule has 1 aromatic rings. The van der Waals surface area contributed by atoms with Crippen LogP contribution in [0, 0.1) is 17.6 Å². The van der Waals surface area contributed by atoms with Gasteiger partial charge in [-0.05, 0) is 24.8 Å². The first kappa shape index (κ1) is 13.4. The molecule has 1 aliphatic carbocycles. The number of hydrogen-bond donors (Lipinski definition) is 1. The Morgan fingerprint density at radius 2 is 1.81 bits per heavy atom. The molecule has 1 aliphatic rings. The van der Waals surface area contributed by atoms with E-state index in [9.17, 15) is 8.78 Å². The first-order chi connectivity index (χ1) is 7.20. The first-order valence-electron chi connectivity index (χ1n) is 5.39. The predicted molar refractivity (Wildman–Crippen MR) is 62.5 cm³/mol. The summed E-state index contributed by atoms with van der Waals surface area (Å²) < 4.78 is 26.4. The molecule has 0 amide bonds. The van der Waals surface area contributed by atoms with E-state index in [4.69, 9.17) is 5.73 Å². The predicted octanol–water partition coefficient (Wildman–Crippen LogP) is 3.58. The Kier molecular flexibility index (Phi) is 4.69. The second-order valence-electron chi connectivity index (χ2n) is 4.21. The minimum absolute atomic E-state index is 0. The number of nitrogens with two attached hydrogens (primary N) is 1. The van der Waals surface area contributed by atoms with E-state index in [0.717, 1.165) is 31.7 Å². The molecular weight excluding hydrogens is 232 g/mol. The summed E-state index contributed by atoms with van der Waals surface area (Å²) in [6, 6.07) is 3.87. The zero-order chi connectivity index (χ0) is 10.8. The maximum absolute atomic E-state index is 13.5. The molecule has 0 radical (unpaired) electrons. The highest BCUT2D eigenvalue weighted by molar-refractivity contribution is 5.85. The number of hydrogen-bond acceptors (Lipinski definition) is 1. The summed E-state index contributed by atoms with van der Waals surface area (Å²) in [6.07, 6.45) is 4.35. The van der Waals surface area contributed by atoms with Gasteiger partial charge < -0.3 is 5.73 Å². The zero-order valence-electron chi connectivity index (χ0n) is 8.96. The van der Waals surface area contributed by atoms with E-state index in [1.54, 1.807) is 6.07 Å². The Balaban J connectivity index is 0.00000128. The molecule has 16 heavy (non-hydrogen) atoms. The van der Waals surface area contributed by atoms with Gasteiger partial charge in [-0.2, -0.15) is 0 Å². The summed E-state index contributed by atoms with van der Waals surface area (Å²) in [7, 11) is 0. The number of halogens is 3. The van der Waals surface area contributed by atoms with E-state index in [1.807, 2.05) is 0 Å². The van der Waals surface area contributed by atoms with Gasteiger partial charge in [-0.1, -0.05) is 25.0 Å². The molecule has 2 rings (SSSR count). The smallest absolute Gasteiger partial charge is 0.163 e. The zero-order valence-corrected chi connectivity index (χ0v) is 9.77. The Morgan fingerprint density at radius 3 is 2.44 bits per heavy atom. The average Bonchev–Trinajstić information content (AvgIpc) is 2.74. The van der Waals surface area contributed by atoms with Crippen molar-refractivity contribution in [2.75, 3.05) is 0 Å². The molecule has 1 atom stereocenters. The third-order valence-electron chi connectivity index (χ3n) is 3.25. The fraction of sp³-hybridized carbons (Fsp3) is 0.500. The largest absolute Gasteiger partial charge is 0.324 e. The van der Waals surface area contributed by atoms with Crippen LogP contribution in [-0.4, -0.2) is 0 Å². The molecule has 0 bridgehead atoms. The van der Waals surface area contributed by atoms with E-state index >= 15 is 0 Å². The van der Waals surface area contributed by atoms with Gasteiger partial charge in [0.1, 0.15) is 0 Å². The molecule has 90 valence electrons. The molecule has 0 saturated heterocycles. The van der Waals surface area contributed by atoms with Crippen molar-refractivity contribution in [1.29, 1.82) is 0 Å². The van der Waals surface area contributed by atoms with Crippen LogP contribution < -0.4 is 5.73 Å². The van der Waals surface area contributed by atoms with Gasteiger partial charge in [0.15, 0.2) is 11.6 Å². The normalized spacial score (nSPS) is 18.2. The van der Waals surface area contributed by atoms with E-state index < -0.39 is 11.6 Å². The lowest BCUT2D eigenvalue weighted by molar-refractivity contribution is 0.415. The number of rotatable bonds is 2. The highest BCUT2D eigenvalue weighted by Crippen LogP contribution is 2.35. The Hall–Kier alpha value is -0.670. The van der Waals surface area contributed by atoms with Gasteiger partial charge >= 0.3 is 0 Å². The molecular formula is C12H16ClF2N. The van der Waals surface area contributed by atoms with E-state index in [-0.39, 0.29) is 18.4 Å². The minimum Gasteiger partial charge on any atom is -0.324 e. The lowest BCUT2D eigenvalue weighted by Crippen LogP contribution is -2.20. The van der Waals surface area contributed by atoms with Crippen LogP contribution in [0.2, 0.25) is 0 Å². The summed E-state index contributed by atoms with van der Waals surface area (Å²) in [4.78, 5) is 0. The Labute approximate surface area is 100 Å². The second-order valence-corrected chi connectivity index (χ2v) is 4.21. The molecule has 2 N–H and O–H groups in total. The molecule has 1 aromatic carbocycles. The van der Waals surface area contributed by atoms with Gasteiger partial charge in [0.25, 0.3) is 0 Å². The fourth-order valence-electron chi connectivity index (χ4n) is 2.35. The van der Waals surface area contributed by atoms with Crippen LogP contribution in [0.1, 0.15) is 37.3 Å². The van der Waals surface area contributed by atoms with Crippen LogP contribution in [0.4, 0.5) is 8.78 Å². The third-order valence-corrected chi connectivity index (χ3v) is 3.25. The topological polar surface area (TPSA) is 26.0 Å². The lowest BCUT2D eigenvalue weighted by Gasteiger charge is -2.19. The second kappa shape index (κ2) is 5.60. The van der Waals surface area contributed by atoms with E-state index in [2.05, 4.69) is 0 Å². The van der Waals surface area contributed by atoms with Crippen molar-refractivity contribution >= 4 is 12.4 Å². The van der Waals surface area contributed by atoms with E-state index in [1.165, 1.54) is 6.07 Å². The number of benzene rings is 1. The van der Waals surface area contributed by atoms with Gasteiger partial charge in [-0.25, -0.2) is 8.78 Å². The van der Waals surface area contributed by atoms with Crippen molar-refractivity contribution in [3.8, 4) is 0 Å². The van der Waals surface area contributed by atoms with Gasteiger partial charge in [0, 0.05) is 11.6 Å². The van der Waals surface area contributed by atoms with Crippen molar-refractivity contribution in [3.05, 3.63) is 35.4 Å². The van der Waals surface area contributed by atoms with Crippen LogP contribution >= 0.6 is 12.4 Å². The third kappa shape index (κ3) is 2.53. The summed E-state index contributed by atoms with van der Waals surface area (Å²) >= 11 is 0. The summed E-state index contributed by atoms with van der Waals surface area (Å²) in [6.45, 7) is 0. The molecule has 0 unspecified atom stereocenters. The maximum atomic E-state index is 13.5. The van der Waals surface area contributed by atoms with Crippen LogP contribution in [0.3, 0.4) is 0 Å². The molecule has 0 aliphatic heterocycles. The molecule has 0 heterocycles. The fourth-order valence-corrected chi connectivity index (χ4v) is 2.35. The van der Waals surface area contributed by atoms with Gasteiger partial charge in [0.05, 0.1) is 0 Å². The SMILES string of the molecule is Cl.N[C@@H](c1cccc(F)c1F)C1CCCC1. The van der Waals surface area contributed by atoms with Crippen molar-refractivity contribution < 1.29 is 8.78 Å². The Bertz CT molecular complexity index is 351. The van der Waals surface area contributed by atoms with Crippen molar-refractivity contribution in [2.45, 2.75) is 31.7 Å². The van der Waals surface area contributed by atoms with Crippen molar-refractivity contribution in [1.82, 2.24) is 0 Å². The molecule has 1 saturated carbocycles. The Morgan fingerprint density at radius 1 is 1.19 bits per heavy atom. The van der Waals surface area contributed by atoms with Gasteiger partial charge in [0.2, 0.25) is 0 Å². The van der Waals surface area contributed by atoms with Crippen molar-refractivity contribution in [2.24, 2.45) is 11.7 Å². The quantitative estimate of drug-likeness (QED) is 0.850. The average molecular weight is 248 g/mol. The summed E-state index contributed by atoms with van der Waals surface area (Å²) in [5.74, 6) is -1.28. The van der Waals surface area contributed by atoms with Crippen LogP contribution in [0.5, 0.6) is 0 Å². The van der Waals surface area contributed by atoms with Crippen molar-refractivity contribution in [3.63, 3.8) is 0 Å². The maximum Gasteiger partial charge on any atom is 0.163 e. The molecule has 1 nitrogen and oxygen atoms in total. The molecule has 4 heteroatoms. The van der Waals surface area contributed by atoms with Crippen LogP contribution in [0.25, 0.3) is 0 Å². The highest BCUT2D eigenvalue weighted by atomic mass is 35.5. The highest BCUT2D eigenvalue weighted by Gasteiger charge is 2.25. The standard InChI is InChI=1S/C12H15F2N.ClH/c13-10-7-3-6-9(11(10)14)12(15)8-4-1-2-5-8;/h3,6-8,12H,1-2,4-5,15H2;1H/t12-;/m1./s1. The van der Waals surface area contributed by atoms with Gasteiger partial charge in [-0.15, -0.1) is 12.4 Å². The molecule has 0 spiro atoms. The van der Waals surface area contributed by atoms with Crippen LogP contribution in [-0.2, 0) is 0 Å². The monoisotopic (exact) mass is 247 g/mol. The molecule has 0 aromatic heterocycles. The first-order valence-corrected chi connectivity index (χ1v) is 5.39. The lowest BCUT2D eigenvalue weighted by atomic mass is 9.92. The van der Waals surface area contributed by atoms with Crippen LogP contribution in [0.15, 0.2) is 18.2 Å². The van der Waals surface area contributed by atoms with E-state index in [0.29, 0.717) is 11.5 Å².